The van der Waals surface area contributed by atoms with Crippen LogP contribution in [0.1, 0.15) is 33.1 Å². The van der Waals surface area contributed by atoms with Crippen LogP contribution in [-0.2, 0) is 13.6 Å². The lowest BCUT2D eigenvalue weighted by Crippen LogP contribution is -2.25. The van der Waals surface area contributed by atoms with Crippen molar-refractivity contribution in [2.75, 3.05) is 7.11 Å². The summed E-state index contributed by atoms with van der Waals surface area (Å²) in [6.07, 6.45) is 2.40. The molecule has 0 bridgehead atoms. The van der Waals surface area contributed by atoms with Crippen molar-refractivity contribution in [1.29, 1.82) is 0 Å². The first-order valence-electron chi connectivity index (χ1n) is 4.96. The number of rotatable bonds is 3. The van der Waals surface area contributed by atoms with E-state index in [9.17, 15) is 8.76 Å². The SMILES string of the molecule is COP(=O)(F)OC1CC(C)CC(C)C1. The Morgan fingerprint density at radius 2 is 1.71 bits per heavy atom. The van der Waals surface area contributed by atoms with E-state index < -0.39 is 7.91 Å². The Bertz CT molecular complexity index is 224. The molecule has 0 saturated heterocycles. The molecule has 3 unspecified atom stereocenters. The van der Waals surface area contributed by atoms with E-state index in [1.165, 1.54) is 0 Å². The third kappa shape index (κ3) is 3.68. The second kappa shape index (κ2) is 4.73. The number of halogens is 1. The van der Waals surface area contributed by atoms with E-state index in [4.69, 9.17) is 4.52 Å². The first-order chi connectivity index (χ1) is 6.43. The smallest absolute Gasteiger partial charge is 0.287 e. The largest absolute Gasteiger partial charge is 0.513 e. The Morgan fingerprint density at radius 1 is 1.21 bits per heavy atom. The van der Waals surface area contributed by atoms with Gasteiger partial charge in [-0.3, -0.25) is 9.05 Å². The van der Waals surface area contributed by atoms with Gasteiger partial charge in [0.2, 0.25) is 0 Å². The summed E-state index contributed by atoms with van der Waals surface area (Å²) in [4.78, 5) is 0. The zero-order chi connectivity index (χ0) is 10.8. The minimum absolute atomic E-state index is 0.260. The molecule has 0 spiro atoms. The van der Waals surface area contributed by atoms with Crippen LogP contribution in [-0.4, -0.2) is 13.2 Å². The fraction of sp³-hybridized carbons (Fsp3) is 1.00. The molecule has 84 valence electrons. The second-order valence-corrected chi connectivity index (χ2v) is 5.70. The molecule has 3 nitrogen and oxygen atoms in total. The molecule has 14 heavy (non-hydrogen) atoms. The van der Waals surface area contributed by atoms with E-state index in [1.807, 2.05) is 0 Å². The third-order valence-electron chi connectivity index (χ3n) is 2.63. The lowest BCUT2D eigenvalue weighted by molar-refractivity contribution is 0.0720. The molecule has 0 aromatic rings. The second-order valence-electron chi connectivity index (χ2n) is 4.26. The van der Waals surface area contributed by atoms with Gasteiger partial charge in [-0.05, 0) is 31.1 Å². The van der Waals surface area contributed by atoms with Crippen LogP contribution in [0.4, 0.5) is 4.20 Å². The highest BCUT2D eigenvalue weighted by Crippen LogP contribution is 2.52. The van der Waals surface area contributed by atoms with Crippen molar-refractivity contribution in [3.8, 4) is 0 Å². The van der Waals surface area contributed by atoms with E-state index in [0.29, 0.717) is 11.8 Å². The molecule has 1 fully saturated rings. The lowest BCUT2D eigenvalue weighted by Gasteiger charge is -2.31. The molecule has 0 aliphatic heterocycles. The van der Waals surface area contributed by atoms with Crippen molar-refractivity contribution in [3.05, 3.63) is 0 Å². The van der Waals surface area contributed by atoms with Gasteiger partial charge in [-0.15, -0.1) is 4.20 Å². The van der Waals surface area contributed by atoms with Gasteiger partial charge in [0, 0.05) is 7.11 Å². The Hall–Kier alpha value is 0.0800. The minimum Gasteiger partial charge on any atom is -0.287 e. The lowest BCUT2D eigenvalue weighted by atomic mass is 9.82. The van der Waals surface area contributed by atoms with Gasteiger partial charge >= 0.3 is 7.91 Å². The van der Waals surface area contributed by atoms with E-state index in [2.05, 4.69) is 18.4 Å². The summed E-state index contributed by atoms with van der Waals surface area (Å²) in [5, 5.41) is 0. The molecule has 0 aromatic heterocycles. The third-order valence-corrected chi connectivity index (χ3v) is 3.61. The van der Waals surface area contributed by atoms with Crippen LogP contribution in [0.3, 0.4) is 0 Å². The number of hydrogen-bond donors (Lipinski definition) is 0. The molecular formula is C9H18FO3P. The van der Waals surface area contributed by atoms with E-state index in [1.54, 1.807) is 0 Å². The summed E-state index contributed by atoms with van der Waals surface area (Å²) >= 11 is 0. The maximum Gasteiger partial charge on any atom is 0.513 e. The normalized spacial score (nSPS) is 37.9. The summed E-state index contributed by atoms with van der Waals surface area (Å²) in [6, 6.07) is 0. The van der Waals surface area contributed by atoms with Crippen molar-refractivity contribution in [1.82, 2.24) is 0 Å². The summed E-state index contributed by atoms with van der Waals surface area (Å²) in [6.45, 7) is 4.20. The Labute approximate surface area is 84.6 Å². The van der Waals surface area contributed by atoms with Gasteiger partial charge in [-0.25, -0.2) is 4.57 Å². The average molecular weight is 224 g/mol. The predicted molar refractivity (Wildman–Crippen MR) is 52.8 cm³/mol. The molecule has 0 heterocycles. The van der Waals surface area contributed by atoms with Crippen LogP contribution in [0.15, 0.2) is 0 Å². The molecular weight excluding hydrogens is 206 g/mol. The number of hydrogen-bond acceptors (Lipinski definition) is 3. The van der Waals surface area contributed by atoms with Crippen molar-refractivity contribution < 1.29 is 17.8 Å². The van der Waals surface area contributed by atoms with Crippen LogP contribution in [0.5, 0.6) is 0 Å². The van der Waals surface area contributed by atoms with Crippen molar-refractivity contribution in [3.63, 3.8) is 0 Å². The highest BCUT2D eigenvalue weighted by atomic mass is 31.2. The molecule has 0 radical (unpaired) electrons. The van der Waals surface area contributed by atoms with Crippen LogP contribution in [0.2, 0.25) is 0 Å². The van der Waals surface area contributed by atoms with Crippen LogP contribution < -0.4 is 0 Å². The molecule has 5 heteroatoms. The molecule has 0 aromatic carbocycles. The van der Waals surface area contributed by atoms with Crippen LogP contribution >= 0.6 is 7.91 Å². The van der Waals surface area contributed by atoms with E-state index in [-0.39, 0.29) is 6.10 Å². The average Bonchev–Trinajstić information content (AvgIpc) is 2.01. The van der Waals surface area contributed by atoms with Crippen LogP contribution in [0, 0.1) is 11.8 Å². The summed E-state index contributed by atoms with van der Waals surface area (Å²) < 4.78 is 32.9. The summed E-state index contributed by atoms with van der Waals surface area (Å²) in [7, 11) is -3.23. The minimum atomic E-state index is -4.29. The Kier molecular flexibility index (Phi) is 4.11. The van der Waals surface area contributed by atoms with Gasteiger partial charge in [0.1, 0.15) is 0 Å². The monoisotopic (exact) mass is 224 g/mol. The Morgan fingerprint density at radius 3 is 2.14 bits per heavy atom. The van der Waals surface area contributed by atoms with Gasteiger partial charge in [0.25, 0.3) is 0 Å². The molecule has 1 saturated carbocycles. The zero-order valence-electron chi connectivity index (χ0n) is 8.90. The zero-order valence-corrected chi connectivity index (χ0v) is 9.80. The maximum absolute atomic E-state index is 13.0. The Balaban J connectivity index is 2.48. The first kappa shape index (κ1) is 12.2. The van der Waals surface area contributed by atoms with E-state index >= 15 is 0 Å². The first-order valence-corrected chi connectivity index (χ1v) is 6.40. The summed E-state index contributed by atoms with van der Waals surface area (Å²) in [5.74, 6) is 1.00. The fourth-order valence-electron chi connectivity index (χ4n) is 2.18. The van der Waals surface area contributed by atoms with E-state index in [0.717, 1.165) is 26.4 Å². The van der Waals surface area contributed by atoms with Gasteiger partial charge in [-0.2, -0.15) is 0 Å². The molecule has 0 amide bonds. The fourth-order valence-corrected chi connectivity index (χ4v) is 2.79. The van der Waals surface area contributed by atoms with Crippen molar-refractivity contribution in [2.24, 2.45) is 11.8 Å². The molecule has 1 rings (SSSR count). The predicted octanol–water partition coefficient (Wildman–Crippen LogP) is 3.55. The van der Waals surface area contributed by atoms with Gasteiger partial charge in [-0.1, -0.05) is 13.8 Å². The van der Waals surface area contributed by atoms with Gasteiger partial charge < -0.3 is 0 Å². The highest BCUT2D eigenvalue weighted by Gasteiger charge is 2.32. The maximum atomic E-state index is 13.0. The standard InChI is InChI=1S/C9H18FO3P/c1-7-4-8(2)6-9(5-7)13-14(10,11)12-3/h7-9H,4-6H2,1-3H3. The van der Waals surface area contributed by atoms with Crippen LogP contribution in [0.25, 0.3) is 0 Å². The topological polar surface area (TPSA) is 35.5 Å². The molecule has 1 aliphatic rings. The van der Waals surface area contributed by atoms with Crippen molar-refractivity contribution >= 4 is 7.91 Å². The molecule has 0 N–H and O–H groups in total. The summed E-state index contributed by atoms with van der Waals surface area (Å²) in [5.41, 5.74) is 0. The van der Waals surface area contributed by atoms with Crippen molar-refractivity contribution in [2.45, 2.75) is 39.2 Å². The molecule has 1 aliphatic carbocycles. The highest BCUT2D eigenvalue weighted by molar-refractivity contribution is 7.48. The van der Waals surface area contributed by atoms with Gasteiger partial charge in [0.05, 0.1) is 6.10 Å². The molecule has 3 atom stereocenters. The van der Waals surface area contributed by atoms with Gasteiger partial charge in [0.15, 0.2) is 0 Å². The quantitative estimate of drug-likeness (QED) is 0.687.